The van der Waals surface area contributed by atoms with Gasteiger partial charge in [0.25, 0.3) is 5.56 Å². The van der Waals surface area contributed by atoms with Gasteiger partial charge in [-0.25, -0.2) is 9.79 Å². The molecular weight excluding hydrogens is 786 g/mol. The summed E-state index contributed by atoms with van der Waals surface area (Å²) in [6.45, 7) is 6.32. The van der Waals surface area contributed by atoms with Gasteiger partial charge in [-0.3, -0.25) is 9.36 Å². The highest BCUT2D eigenvalue weighted by Gasteiger charge is 2.35. The number of carbonyl (C=O) groups is 1. The van der Waals surface area contributed by atoms with Crippen LogP contribution in [0.1, 0.15) is 55.0 Å². The third-order valence-electron chi connectivity index (χ3n) is 6.92. The van der Waals surface area contributed by atoms with E-state index in [1.54, 1.807) is 11.5 Å². The molecule has 0 spiro atoms. The molecule has 2 heterocycles. The number of nitrogens with zero attached hydrogens (tertiary/aromatic N) is 2. The van der Waals surface area contributed by atoms with Gasteiger partial charge in [-0.2, -0.15) is 0 Å². The van der Waals surface area contributed by atoms with Crippen LogP contribution < -0.4 is 19.6 Å². The predicted octanol–water partition coefficient (Wildman–Crippen LogP) is 6.28. The normalized spacial score (nSPS) is 14.7. The van der Waals surface area contributed by atoms with Gasteiger partial charge in [0.1, 0.15) is 12.4 Å². The minimum Gasteiger partial charge on any atom is -0.479 e. The predicted molar refractivity (Wildman–Crippen MR) is 188 cm³/mol. The molecular formula is C34H28I2N2O4S. The number of fused-ring (bicyclic) bond motifs is 1. The summed E-state index contributed by atoms with van der Waals surface area (Å²) in [5.41, 5.74) is 4.02. The van der Waals surface area contributed by atoms with Crippen molar-refractivity contribution in [2.45, 2.75) is 32.7 Å². The molecule has 0 fully saturated rings. The maximum absolute atomic E-state index is 14.3. The Morgan fingerprint density at radius 2 is 1.86 bits per heavy atom. The highest BCUT2D eigenvalue weighted by Crippen LogP contribution is 2.36. The minimum atomic E-state index is -0.734. The molecule has 0 aliphatic carbocycles. The molecule has 6 nitrogen and oxygen atoms in total. The molecule has 218 valence electrons. The summed E-state index contributed by atoms with van der Waals surface area (Å²) in [6.07, 6.45) is 7.28. The molecule has 3 aromatic carbocycles. The van der Waals surface area contributed by atoms with Gasteiger partial charge in [0.15, 0.2) is 4.80 Å². The molecule has 0 bridgehead atoms. The molecule has 0 saturated heterocycles. The van der Waals surface area contributed by atoms with Crippen LogP contribution in [0.3, 0.4) is 0 Å². The fraction of sp³-hybridized carbons (Fsp3) is 0.206. The molecule has 1 aliphatic heterocycles. The molecule has 1 aromatic heterocycles. The third-order valence-corrected chi connectivity index (χ3v) is 9.32. The summed E-state index contributed by atoms with van der Waals surface area (Å²) < 4.78 is 15.4. The number of ether oxygens (including phenoxy) is 2. The SMILES string of the molecule is C#CCOc1c(I)cc(I)cc1/C=c1\sc2n(c1=O)[C@H](c1ccc(C(C)C)cc1)C(C(=O)OCC)=C(c1ccccc1)N=2. The minimum absolute atomic E-state index is 0.106. The summed E-state index contributed by atoms with van der Waals surface area (Å²) in [5, 5.41) is 0. The molecule has 43 heavy (non-hydrogen) atoms. The van der Waals surface area contributed by atoms with E-state index in [2.05, 4.69) is 64.9 Å². The number of terminal acetylenes is 1. The van der Waals surface area contributed by atoms with Crippen LogP contribution in [0.25, 0.3) is 11.8 Å². The fourth-order valence-corrected chi connectivity index (χ4v) is 7.95. The van der Waals surface area contributed by atoms with Crippen molar-refractivity contribution in [3.05, 3.63) is 121 Å². The average molecular weight is 814 g/mol. The van der Waals surface area contributed by atoms with Gasteiger partial charge in [0.2, 0.25) is 0 Å². The molecule has 9 heteroatoms. The van der Waals surface area contributed by atoms with E-state index in [4.69, 9.17) is 20.9 Å². The highest BCUT2D eigenvalue weighted by atomic mass is 127. The van der Waals surface area contributed by atoms with Gasteiger partial charge < -0.3 is 9.47 Å². The molecule has 0 amide bonds. The van der Waals surface area contributed by atoms with Crippen molar-refractivity contribution in [2.75, 3.05) is 13.2 Å². The van der Waals surface area contributed by atoms with E-state index in [1.165, 1.54) is 11.3 Å². The smallest absolute Gasteiger partial charge is 0.338 e. The van der Waals surface area contributed by atoms with Crippen LogP contribution in [-0.4, -0.2) is 23.8 Å². The van der Waals surface area contributed by atoms with Gasteiger partial charge in [0, 0.05) is 14.7 Å². The lowest BCUT2D eigenvalue weighted by Gasteiger charge is -2.26. The first-order valence-electron chi connectivity index (χ1n) is 13.7. The molecule has 0 saturated carbocycles. The lowest BCUT2D eigenvalue weighted by Crippen LogP contribution is -2.40. The van der Waals surface area contributed by atoms with Crippen LogP contribution in [0.4, 0.5) is 0 Å². The molecule has 0 unspecified atom stereocenters. The monoisotopic (exact) mass is 814 g/mol. The Hall–Kier alpha value is -3.21. The van der Waals surface area contributed by atoms with Crippen LogP contribution in [0.2, 0.25) is 0 Å². The van der Waals surface area contributed by atoms with Crippen molar-refractivity contribution in [3.8, 4) is 18.1 Å². The Labute approximate surface area is 281 Å². The zero-order chi connectivity index (χ0) is 30.7. The fourth-order valence-electron chi connectivity index (χ4n) is 4.91. The maximum Gasteiger partial charge on any atom is 0.338 e. The Balaban J connectivity index is 1.82. The molecule has 0 N–H and O–H groups in total. The lowest BCUT2D eigenvalue weighted by atomic mass is 9.91. The van der Waals surface area contributed by atoms with E-state index in [0.717, 1.165) is 29.4 Å². The summed E-state index contributed by atoms with van der Waals surface area (Å²) in [4.78, 5) is 33.4. The second-order valence-electron chi connectivity index (χ2n) is 10.1. The third kappa shape index (κ3) is 6.51. The van der Waals surface area contributed by atoms with Gasteiger partial charge in [-0.05, 0) is 87.4 Å². The largest absolute Gasteiger partial charge is 0.479 e. The van der Waals surface area contributed by atoms with Crippen LogP contribution in [-0.2, 0) is 9.53 Å². The number of benzene rings is 3. The van der Waals surface area contributed by atoms with E-state index >= 15 is 0 Å². The van der Waals surface area contributed by atoms with E-state index in [-0.39, 0.29) is 18.8 Å². The van der Waals surface area contributed by atoms with Gasteiger partial charge in [0.05, 0.1) is 32.0 Å². The molecule has 4 aromatic rings. The zero-order valence-corrected chi connectivity index (χ0v) is 28.9. The average Bonchev–Trinajstić information content (AvgIpc) is 3.30. The van der Waals surface area contributed by atoms with Gasteiger partial charge in [-0.1, -0.05) is 85.7 Å². The van der Waals surface area contributed by atoms with Crippen LogP contribution in [0, 0.1) is 19.5 Å². The number of esters is 1. The van der Waals surface area contributed by atoms with E-state index < -0.39 is 12.0 Å². The second kappa shape index (κ2) is 13.6. The number of rotatable bonds is 8. The maximum atomic E-state index is 14.3. The van der Waals surface area contributed by atoms with Crippen molar-refractivity contribution in [3.63, 3.8) is 0 Å². The Morgan fingerprint density at radius 3 is 2.51 bits per heavy atom. The molecule has 5 rings (SSSR count). The quantitative estimate of drug-likeness (QED) is 0.119. The van der Waals surface area contributed by atoms with E-state index in [1.807, 2.05) is 72.8 Å². The molecule has 1 atom stereocenters. The van der Waals surface area contributed by atoms with Crippen molar-refractivity contribution in [2.24, 2.45) is 4.99 Å². The summed E-state index contributed by atoms with van der Waals surface area (Å²) in [7, 11) is 0. The van der Waals surface area contributed by atoms with E-state index in [0.29, 0.717) is 32.3 Å². The number of carbonyl (C=O) groups excluding carboxylic acids is 1. The Kier molecular flexibility index (Phi) is 9.88. The van der Waals surface area contributed by atoms with Crippen LogP contribution >= 0.6 is 56.5 Å². The van der Waals surface area contributed by atoms with E-state index in [9.17, 15) is 9.59 Å². The number of hydrogen-bond acceptors (Lipinski definition) is 6. The van der Waals surface area contributed by atoms with Crippen LogP contribution in [0.15, 0.2) is 82.1 Å². The summed E-state index contributed by atoms with van der Waals surface area (Å²) in [5.74, 6) is 2.95. The van der Waals surface area contributed by atoms with Crippen LogP contribution in [0.5, 0.6) is 5.75 Å². The Bertz CT molecular complexity index is 1940. The second-order valence-corrected chi connectivity index (χ2v) is 13.5. The number of aromatic nitrogens is 1. The first kappa shape index (κ1) is 31.2. The lowest BCUT2D eigenvalue weighted by molar-refractivity contribution is -0.138. The zero-order valence-electron chi connectivity index (χ0n) is 23.8. The van der Waals surface area contributed by atoms with Crippen molar-refractivity contribution < 1.29 is 14.3 Å². The van der Waals surface area contributed by atoms with Crippen molar-refractivity contribution in [1.82, 2.24) is 4.57 Å². The van der Waals surface area contributed by atoms with Crippen molar-refractivity contribution in [1.29, 1.82) is 0 Å². The standard InChI is InChI=1S/C34H28I2N2O4S/c1-5-16-42-31-24(17-25(35)19-26(31)36)18-27-32(39)38-30(23-14-12-21(13-15-23)20(3)4)28(33(40)41-6-2)29(37-34(38)43-27)22-10-8-7-9-11-22/h1,7-15,17-20,30H,6,16H2,2-4H3/b27-18-/t30-/m1/s1. The van der Waals surface area contributed by atoms with Crippen molar-refractivity contribution >= 4 is 74.3 Å². The number of halogens is 2. The first-order chi connectivity index (χ1) is 20.7. The topological polar surface area (TPSA) is 69.9 Å². The number of thiazole rings is 1. The molecule has 1 aliphatic rings. The highest BCUT2D eigenvalue weighted by molar-refractivity contribution is 14.1. The van der Waals surface area contributed by atoms with Gasteiger partial charge in [-0.15, -0.1) is 6.42 Å². The Morgan fingerprint density at radius 1 is 1.14 bits per heavy atom. The first-order valence-corrected chi connectivity index (χ1v) is 16.6. The van der Waals surface area contributed by atoms with Gasteiger partial charge >= 0.3 is 5.97 Å². The molecule has 0 radical (unpaired) electrons. The summed E-state index contributed by atoms with van der Waals surface area (Å²) >= 11 is 5.72. The number of hydrogen-bond donors (Lipinski definition) is 0. The summed E-state index contributed by atoms with van der Waals surface area (Å²) in [6, 6.07) is 20.8.